The smallest absolute Gasteiger partial charge is 0.271 e. The van der Waals surface area contributed by atoms with Crippen molar-refractivity contribution in [3.8, 4) is 0 Å². The predicted molar refractivity (Wildman–Crippen MR) is 88.9 cm³/mol. The minimum Gasteiger partial charge on any atom is -0.344 e. The van der Waals surface area contributed by atoms with Gasteiger partial charge in [-0.05, 0) is 36.5 Å². The van der Waals surface area contributed by atoms with Crippen molar-refractivity contribution in [2.45, 2.75) is 18.9 Å². The second kappa shape index (κ2) is 5.80. The Hall–Kier alpha value is -2.75. The molecule has 0 saturated heterocycles. The fraction of sp³-hybridized carbons (Fsp3) is 0.211. The molecule has 2 aromatic carbocycles. The van der Waals surface area contributed by atoms with Crippen LogP contribution >= 0.6 is 0 Å². The third-order valence-electron chi connectivity index (χ3n) is 4.22. The second-order valence-electron chi connectivity index (χ2n) is 5.94. The molecule has 1 aliphatic rings. The highest BCUT2D eigenvalue weighted by molar-refractivity contribution is 5.94. The zero-order valence-corrected chi connectivity index (χ0v) is 12.6. The molecule has 1 aliphatic carbocycles. The largest absolute Gasteiger partial charge is 0.344 e. The number of aromatic nitrogens is 2. The van der Waals surface area contributed by atoms with Gasteiger partial charge >= 0.3 is 0 Å². The molecule has 0 radical (unpaired) electrons. The van der Waals surface area contributed by atoms with E-state index in [2.05, 4.69) is 27.4 Å². The molecule has 1 fully saturated rings. The summed E-state index contributed by atoms with van der Waals surface area (Å²) in [5.41, 5.74) is 3.05. The lowest BCUT2D eigenvalue weighted by molar-refractivity contribution is 0.0926. The molecule has 0 spiro atoms. The van der Waals surface area contributed by atoms with E-state index in [-0.39, 0.29) is 11.9 Å². The van der Waals surface area contributed by atoms with Gasteiger partial charge < -0.3 is 5.32 Å². The Morgan fingerprint density at radius 1 is 1.00 bits per heavy atom. The summed E-state index contributed by atoms with van der Waals surface area (Å²) >= 11 is 0. The highest BCUT2D eigenvalue weighted by atomic mass is 16.1. The van der Waals surface area contributed by atoms with Crippen LogP contribution in [-0.2, 0) is 0 Å². The summed E-state index contributed by atoms with van der Waals surface area (Å²) in [4.78, 5) is 21.3. The van der Waals surface area contributed by atoms with Crippen molar-refractivity contribution < 1.29 is 4.79 Å². The van der Waals surface area contributed by atoms with E-state index < -0.39 is 0 Å². The summed E-state index contributed by atoms with van der Waals surface area (Å²) in [6.45, 7) is 0. The van der Waals surface area contributed by atoms with Crippen LogP contribution in [0.5, 0.6) is 0 Å². The zero-order valence-electron chi connectivity index (χ0n) is 12.6. The minimum atomic E-state index is -0.163. The average molecular weight is 303 g/mol. The van der Waals surface area contributed by atoms with E-state index in [0.717, 1.165) is 29.4 Å². The van der Waals surface area contributed by atoms with Crippen molar-refractivity contribution in [2.75, 3.05) is 0 Å². The summed E-state index contributed by atoms with van der Waals surface area (Å²) < 4.78 is 0. The van der Waals surface area contributed by atoms with Gasteiger partial charge in [-0.1, -0.05) is 42.5 Å². The van der Waals surface area contributed by atoms with E-state index in [0.29, 0.717) is 11.6 Å². The first-order chi connectivity index (χ1) is 11.3. The van der Waals surface area contributed by atoms with E-state index in [9.17, 15) is 4.79 Å². The molecule has 1 heterocycles. The molecule has 1 atom stereocenters. The number of carbonyl (C=O) groups excluding carboxylic acids is 1. The maximum absolute atomic E-state index is 12.6. The van der Waals surface area contributed by atoms with E-state index >= 15 is 0 Å². The van der Waals surface area contributed by atoms with Crippen LogP contribution in [0.2, 0.25) is 0 Å². The third kappa shape index (κ3) is 2.93. The summed E-state index contributed by atoms with van der Waals surface area (Å²) in [7, 11) is 0. The van der Waals surface area contributed by atoms with Gasteiger partial charge in [0.25, 0.3) is 5.91 Å². The Morgan fingerprint density at radius 3 is 2.43 bits per heavy atom. The zero-order chi connectivity index (χ0) is 15.6. The highest BCUT2D eigenvalue weighted by Gasteiger charge is 2.33. The van der Waals surface area contributed by atoms with E-state index in [1.54, 1.807) is 6.20 Å². The minimum absolute atomic E-state index is 0.0528. The fourth-order valence-corrected chi connectivity index (χ4v) is 2.85. The van der Waals surface area contributed by atoms with Crippen LogP contribution in [0.15, 0.2) is 60.8 Å². The number of benzene rings is 2. The Kier molecular flexibility index (Phi) is 3.50. The molecular weight excluding hydrogens is 286 g/mol. The van der Waals surface area contributed by atoms with Crippen LogP contribution in [-0.4, -0.2) is 15.9 Å². The van der Waals surface area contributed by atoms with Crippen molar-refractivity contribution in [3.63, 3.8) is 0 Å². The predicted octanol–water partition coefficient (Wildman–Crippen LogP) is 3.51. The second-order valence-corrected chi connectivity index (χ2v) is 5.94. The number of nitrogens with one attached hydrogen (secondary N) is 1. The molecule has 0 aliphatic heterocycles. The third-order valence-corrected chi connectivity index (χ3v) is 4.22. The lowest BCUT2D eigenvalue weighted by Crippen LogP contribution is -2.30. The first kappa shape index (κ1) is 13.9. The molecule has 4 rings (SSSR count). The van der Waals surface area contributed by atoms with Gasteiger partial charge in [0.1, 0.15) is 5.69 Å². The number of amides is 1. The SMILES string of the molecule is O=C(NC(c1ccccc1)C1CC1)c1cnc2ccccc2n1. The summed E-state index contributed by atoms with van der Waals surface area (Å²) in [5, 5.41) is 3.13. The molecule has 3 aromatic rings. The standard InChI is InChI=1S/C19H17N3O/c23-19(17-12-20-15-8-4-5-9-16(15)21-17)22-18(14-10-11-14)13-6-2-1-3-7-13/h1-9,12,14,18H,10-11H2,(H,22,23). The monoisotopic (exact) mass is 303 g/mol. The van der Waals surface area contributed by atoms with Crippen LogP contribution < -0.4 is 5.32 Å². The van der Waals surface area contributed by atoms with E-state index in [1.807, 2.05) is 42.5 Å². The van der Waals surface area contributed by atoms with Crippen molar-refractivity contribution in [3.05, 3.63) is 72.1 Å². The normalized spacial score (nSPS) is 15.3. The molecule has 0 bridgehead atoms. The molecule has 114 valence electrons. The van der Waals surface area contributed by atoms with Gasteiger partial charge in [0.2, 0.25) is 0 Å². The lowest BCUT2D eigenvalue weighted by atomic mass is 10.0. The topological polar surface area (TPSA) is 54.9 Å². The van der Waals surface area contributed by atoms with Crippen LogP contribution in [0.25, 0.3) is 11.0 Å². The fourth-order valence-electron chi connectivity index (χ4n) is 2.85. The Bertz CT molecular complexity index is 843. The van der Waals surface area contributed by atoms with Gasteiger partial charge in [0.05, 0.1) is 23.3 Å². The van der Waals surface area contributed by atoms with Crippen LogP contribution in [0.4, 0.5) is 0 Å². The van der Waals surface area contributed by atoms with Crippen molar-refractivity contribution in [1.29, 1.82) is 0 Å². The molecule has 23 heavy (non-hydrogen) atoms. The lowest BCUT2D eigenvalue weighted by Gasteiger charge is -2.18. The molecule has 1 saturated carbocycles. The maximum atomic E-state index is 12.6. The molecule has 4 heteroatoms. The highest BCUT2D eigenvalue weighted by Crippen LogP contribution is 2.41. The molecule has 1 N–H and O–H groups in total. The quantitative estimate of drug-likeness (QED) is 0.802. The summed E-state index contributed by atoms with van der Waals surface area (Å²) in [5.74, 6) is 0.360. The Labute approximate surface area is 134 Å². The molecule has 4 nitrogen and oxygen atoms in total. The van der Waals surface area contributed by atoms with Crippen LogP contribution in [0, 0.1) is 5.92 Å². The van der Waals surface area contributed by atoms with Gasteiger partial charge in [0.15, 0.2) is 0 Å². The first-order valence-electron chi connectivity index (χ1n) is 7.89. The molecular formula is C19H17N3O. The Morgan fingerprint density at radius 2 is 1.70 bits per heavy atom. The number of nitrogens with zero attached hydrogens (tertiary/aromatic N) is 2. The first-order valence-corrected chi connectivity index (χ1v) is 7.89. The molecule has 1 aromatic heterocycles. The van der Waals surface area contributed by atoms with Crippen LogP contribution in [0.1, 0.15) is 34.9 Å². The van der Waals surface area contributed by atoms with Gasteiger partial charge in [-0.2, -0.15) is 0 Å². The Balaban J connectivity index is 1.59. The molecule has 1 unspecified atom stereocenters. The molecule has 1 amide bonds. The van der Waals surface area contributed by atoms with Gasteiger partial charge in [-0.3, -0.25) is 9.78 Å². The van der Waals surface area contributed by atoms with Gasteiger partial charge in [-0.15, -0.1) is 0 Å². The maximum Gasteiger partial charge on any atom is 0.271 e. The van der Waals surface area contributed by atoms with Crippen LogP contribution in [0.3, 0.4) is 0 Å². The number of carbonyl (C=O) groups is 1. The van der Waals surface area contributed by atoms with Crippen molar-refractivity contribution >= 4 is 16.9 Å². The van der Waals surface area contributed by atoms with Crippen molar-refractivity contribution in [2.24, 2.45) is 5.92 Å². The average Bonchev–Trinajstić information content (AvgIpc) is 3.44. The summed E-state index contributed by atoms with van der Waals surface area (Å²) in [6.07, 6.45) is 3.86. The van der Waals surface area contributed by atoms with Gasteiger partial charge in [-0.25, -0.2) is 4.98 Å². The number of para-hydroxylation sites is 2. The number of hydrogen-bond donors (Lipinski definition) is 1. The van der Waals surface area contributed by atoms with E-state index in [4.69, 9.17) is 0 Å². The van der Waals surface area contributed by atoms with Crippen molar-refractivity contribution in [1.82, 2.24) is 15.3 Å². The van der Waals surface area contributed by atoms with E-state index in [1.165, 1.54) is 0 Å². The summed E-state index contributed by atoms with van der Waals surface area (Å²) in [6, 6.07) is 17.8. The number of fused-ring (bicyclic) bond motifs is 1. The number of rotatable bonds is 4. The van der Waals surface area contributed by atoms with Gasteiger partial charge in [0, 0.05) is 0 Å². The number of hydrogen-bond acceptors (Lipinski definition) is 3.